The van der Waals surface area contributed by atoms with E-state index >= 15 is 0 Å². The molecular weight excluding hydrogens is 669 g/mol. The number of benzene rings is 9. The minimum absolute atomic E-state index is 0.901. The summed E-state index contributed by atoms with van der Waals surface area (Å²) in [6.45, 7) is 0. The highest BCUT2D eigenvalue weighted by molar-refractivity contribution is 6.32. The Balaban J connectivity index is 1.20. The first-order valence-electron chi connectivity index (χ1n) is 18.9. The van der Waals surface area contributed by atoms with Gasteiger partial charge in [-0.15, -0.1) is 0 Å². The van der Waals surface area contributed by atoms with Gasteiger partial charge in [-0.05, 0) is 98.8 Å². The van der Waals surface area contributed by atoms with Gasteiger partial charge in [0.1, 0.15) is 11.2 Å². The van der Waals surface area contributed by atoms with Crippen molar-refractivity contribution in [3.05, 3.63) is 182 Å². The van der Waals surface area contributed by atoms with Crippen LogP contribution in [0.2, 0.25) is 0 Å². The van der Waals surface area contributed by atoms with Gasteiger partial charge < -0.3 is 13.6 Å². The summed E-state index contributed by atoms with van der Waals surface area (Å²) >= 11 is 0. The van der Waals surface area contributed by atoms with Crippen LogP contribution in [0.15, 0.2) is 186 Å². The van der Waals surface area contributed by atoms with Gasteiger partial charge in [0.25, 0.3) is 0 Å². The van der Waals surface area contributed by atoms with Crippen molar-refractivity contribution in [3.8, 4) is 44.8 Å². The molecule has 3 aromatic heterocycles. The van der Waals surface area contributed by atoms with E-state index in [0.717, 1.165) is 49.7 Å². The first kappa shape index (κ1) is 29.1. The average Bonchev–Trinajstić information content (AvgIpc) is 3.98. The molecule has 0 fully saturated rings. The van der Waals surface area contributed by atoms with Crippen LogP contribution in [-0.2, 0) is 0 Å². The van der Waals surface area contributed by atoms with Crippen molar-refractivity contribution in [2.45, 2.75) is 0 Å². The molecule has 0 radical (unpaired) electrons. The van der Waals surface area contributed by atoms with Gasteiger partial charge in [-0.2, -0.15) is 0 Å². The fourth-order valence-corrected chi connectivity index (χ4v) is 9.73. The Hall–Kier alpha value is -7.36. The molecule has 1 aliphatic rings. The zero-order valence-electron chi connectivity index (χ0n) is 29.6. The summed E-state index contributed by atoms with van der Waals surface area (Å²) in [5.41, 5.74) is 16.3. The molecule has 0 aliphatic heterocycles. The molecule has 0 atom stereocenters. The van der Waals surface area contributed by atoms with Gasteiger partial charge in [-0.1, -0.05) is 127 Å². The lowest BCUT2D eigenvalue weighted by molar-refractivity contribution is 0.673. The smallest absolute Gasteiger partial charge is 0.145 e. The van der Waals surface area contributed by atoms with E-state index in [0.29, 0.717) is 0 Å². The first-order chi connectivity index (χ1) is 27.3. The van der Waals surface area contributed by atoms with Crippen molar-refractivity contribution < 1.29 is 4.42 Å². The van der Waals surface area contributed by atoms with Crippen LogP contribution in [0.3, 0.4) is 0 Å². The number of nitrogens with zero attached hydrogens (tertiary/aromatic N) is 2. The van der Waals surface area contributed by atoms with Crippen molar-refractivity contribution in [1.82, 2.24) is 9.13 Å². The summed E-state index contributed by atoms with van der Waals surface area (Å²) in [5.74, 6) is 0. The molecule has 0 unspecified atom stereocenters. The number of furan rings is 1. The molecule has 13 rings (SSSR count). The largest absolute Gasteiger partial charge is 0.455 e. The Morgan fingerprint density at radius 2 is 1.02 bits per heavy atom. The number of hydrogen-bond acceptors (Lipinski definition) is 1. The van der Waals surface area contributed by atoms with E-state index in [9.17, 15) is 0 Å². The van der Waals surface area contributed by atoms with Gasteiger partial charge in [-0.3, -0.25) is 0 Å². The molecule has 0 amide bonds. The van der Waals surface area contributed by atoms with Gasteiger partial charge in [0.05, 0.1) is 27.5 Å². The third-order valence-corrected chi connectivity index (χ3v) is 12.0. The van der Waals surface area contributed by atoms with Gasteiger partial charge in [0.15, 0.2) is 0 Å². The number of fused-ring (bicyclic) bond motifs is 14. The molecule has 55 heavy (non-hydrogen) atoms. The first-order valence-corrected chi connectivity index (χ1v) is 18.9. The molecule has 1 aliphatic carbocycles. The maximum atomic E-state index is 6.89. The average molecular weight is 699 g/mol. The zero-order chi connectivity index (χ0) is 35.8. The minimum Gasteiger partial charge on any atom is -0.455 e. The standard InChI is InChI=1S/C52H30N2O/c1-2-11-31(12-3-1)32-21-23-34(24-22-32)53-45-27-25-41-38-16-6-8-19-44(38)54(35-29-33-13-10-18-40-36-14-4-5-15-37(36)43(30-35)48(33)40)51(41)49(45)50-46(53)28-26-42-39-17-7-9-20-47(39)55-52(42)50/h1-30H. The van der Waals surface area contributed by atoms with E-state index in [1.807, 2.05) is 0 Å². The number of hydrogen-bond donors (Lipinski definition) is 0. The second-order valence-corrected chi connectivity index (χ2v) is 14.8. The zero-order valence-corrected chi connectivity index (χ0v) is 29.6. The summed E-state index contributed by atoms with van der Waals surface area (Å²) in [7, 11) is 0. The van der Waals surface area contributed by atoms with Crippen LogP contribution in [0.25, 0.3) is 121 Å². The van der Waals surface area contributed by atoms with Gasteiger partial charge in [-0.25, -0.2) is 0 Å². The second kappa shape index (κ2) is 10.6. The molecule has 254 valence electrons. The van der Waals surface area contributed by atoms with Crippen molar-refractivity contribution >= 4 is 76.3 Å². The van der Waals surface area contributed by atoms with E-state index in [1.54, 1.807) is 0 Å². The van der Waals surface area contributed by atoms with Crippen molar-refractivity contribution in [3.63, 3.8) is 0 Å². The monoisotopic (exact) mass is 698 g/mol. The van der Waals surface area contributed by atoms with Crippen LogP contribution in [0.1, 0.15) is 0 Å². The summed E-state index contributed by atoms with van der Waals surface area (Å²) in [6.07, 6.45) is 0. The molecule has 12 aromatic rings. The van der Waals surface area contributed by atoms with Crippen LogP contribution < -0.4 is 0 Å². The van der Waals surface area contributed by atoms with E-state index in [1.165, 1.54) is 71.3 Å². The molecular formula is C52H30N2O. The lowest BCUT2D eigenvalue weighted by Gasteiger charge is -2.13. The Kier molecular flexibility index (Phi) is 5.63. The van der Waals surface area contributed by atoms with Crippen molar-refractivity contribution in [2.75, 3.05) is 0 Å². The van der Waals surface area contributed by atoms with Crippen LogP contribution in [0.5, 0.6) is 0 Å². The van der Waals surface area contributed by atoms with Gasteiger partial charge >= 0.3 is 0 Å². The highest BCUT2D eigenvalue weighted by Crippen LogP contribution is 2.50. The van der Waals surface area contributed by atoms with E-state index in [-0.39, 0.29) is 0 Å². The fraction of sp³-hybridized carbons (Fsp3) is 0. The topological polar surface area (TPSA) is 23.0 Å². The Labute approximate surface area is 315 Å². The Bertz CT molecular complexity index is 3580. The Morgan fingerprint density at radius 3 is 1.87 bits per heavy atom. The predicted molar refractivity (Wildman–Crippen MR) is 230 cm³/mol. The molecule has 0 saturated heterocycles. The third kappa shape index (κ3) is 3.84. The molecule has 0 N–H and O–H groups in total. The van der Waals surface area contributed by atoms with Gasteiger partial charge in [0, 0.05) is 38.3 Å². The third-order valence-electron chi connectivity index (χ3n) is 12.0. The van der Waals surface area contributed by atoms with Crippen LogP contribution >= 0.6 is 0 Å². The quantitative estimate of drug-likeness (QED) is 0.180. The molecule has 3 heteroatoms. The number of para-hydroxylation sites is 2. The number of rotatable bonds is 3. The summed E-state index contributed by atoms with van der Waals surface area (Å²) in [5, 5.41) is 9.61. The maximum Gasteiger partial charge on any atom is 0.145 e. The summed E-state index contributed by atoms with van der Waals surface area (Å²) < 4.78 is 11.8. The van der Waals surface area contributed by atoms with Gasteiger partial charge in [0.2, 0.25) is 0 Å². The molecule has 3 heterocycles. The Morgan fingerprint density at radius 1 is 0.345 bits per heavy atom. The molecule has 0 saturated carbocycles. The van der Waals surface area contributed by atoms with E-state index < -0.39 is 0 Å². The van der Waals surface area contributed by atoms with Crippen LogP contribution in [-0.4, -0.2) is 9.13 Å². The molecule has 0 bridgehead atoms. The van der Waals surface area contributed by atoms with E-state index in [2.05, 4.69) is 191 Å². The SMILES string of the molecule is c1ccc(-c2ccc(-n3c4ccc5c6ccccc6oc5c4c4c3ccc3c5ccccc5n(-c5cc6c7c(cccc7c5)-c5ccccc5-6)c34)cc2)cc1. The van der Waals surface area contributed by atoms with Crippen molar-refractivity contribution in [1.29, 1.82) is 0 Å². The van der Waals surface area contributed by atoms with Crippen LogP contribution in [0.4, 0.5) is 0 Å². The number of aromatic nitrogens is 2. The fourth-order valence-electron chi connectivity index (χ4n) is 9.73. The van der Waals surface area contributed by atoms with E-state index in [4.69, 9.17) is 4.42 Å². The summed E-state index contributed by atoms with van der Waals surface area (Å²) in [4.78, 5) is 0. The van der Waals surface area contributed by atoms with Crippen molar-refractivity contribution in [2.24, 2.45) is 0 Å². The highest BCUT2D eigenvalue weighted by Gasteiger charge is 2.26. The lowest BCUT2D eigenvalue weighted by Crippen LogP contribution is -1.96. The minimum atomic E-state index is 0.901. The maximum absolute atomic E-state index is 6.89. The molecule has 3 nitrogen and oxygen atoms in total. The molecule has 0 spiro atoms. The normalized spacial score (nSPS) is 12.4. The summed E-state index contributed by atoms with van der Waals surface area (Å²) in [6, 6.07) is 66.4. The highest BCUT2D eigenvalue weighted by atomic mass is 16.3. The predicted octanol–water partition coefficient (Wildman–Crippen LogP) is 14.2. The lowest BCUT2D eigenvalue weighted by atomic mass is 10.0. The second-order valence-electron chi connectivity index (χ2n) is 14.8. The van der Waals surface area contributed by atoms with Crippen LogP contribution in [0, 0.1) is 0 Å². The molecule has 9 aromatic carbocycles.